The molecule has 1 aliphatic carbocycles. The fourth-order valence-corrected chi connectivity index (χ4v) is 5.87. The van der Waals surface area contributed by atoms with Crippen molar-refractivity contribution in [2.75, 3.05) is 30.8 Å². The van der Waals surface area contributed by atoms with Crippen molar-refractivity contribution < 1.29 is 19.2 Å². The van der Waals surface area contributed by atoms with Gasteiger partial charge in [-0.15, -0.1) is 0 Å². The molecule has 1 heterocycles. The van der Waals surface area contributed by atoms with Crippen molar-refractivity contribution in [3.05, 3.63) is 95.6 Å². The first-order chi connectivity index (χ1) is 20.4. The predicted octanol–water partition coefficient (Wildman–Crippen LogP) is 5.37. The van der Waals surface area contributed by atoms with Gasteiger partial charge in [-0.05, 0) is 73.7 Å². The summed E-state index contributed by atoms with van der Waals surface area (Å²) in [5.74, 6) is -0.660. The van der Waals surface area contributed by atoms with Crippen LogP contribution in [-0.4, -0.2) is 59.6 Å². The SMILES string of the molecule is CN(C(=O)c1cccc(NC(=O)Cc2ccc(NC(=O)C3CCCN(C(=O)c4ccccc4)C3)cc2)c1)C1CCCC1. The highest BCUT2D eigenvalue weighted by Gasteiger charge is 2.29. The summed E-state index contributed by atoms with van der Waals surface area (Å²) in [5.41, 5.74) is 3.23. The molecule has 42 heavy (non-hydrogen) atoms. The van der Waals surface area contributed by atoms with Crippen molar-refractivity contribution >= 4 is 35.0 Å². The van der Waals surface area contributed by atoms with Crippen LogP contribution in [0.3, 0.4) is 0 Å². The maximum atomic E-state index is 13.0. The fourth-order valence-electron chi connectivity index (χ4n) is 5.87. The Labute approximate surface area is 247 Å². The number of carbonyl (C=O) groups is 4. The lowest BCUT2D eigenvalue weighted by atomic mass is 9.96. The second-order valence-corrected chi connectivity index (χ2v) is 11.3. The Bertz CT molecular complexity index is 1420. The zero-order valence-corrected chi connectivity index (χ0v) is 24.1. The maximum absolute atomic E-state index is 13.0. The molecule has 2 aliphatic rings. The van der Waals surface area contributed by atoms with Gasteiger partial charge in [-0.25, -0.2) is 0 Å². The minimum absolute atomic E-state index is 0.0284. The molecule has 2 N–H and O–H groups in total. The van der Waals surface area contributed by atoms with Crippen molar-refractivity contribution in [1.29, 1.82) is 0 Å². The maximum Gasteiger partial charge on any atom is 0.253 e. The van der Waals surface area contributed by atoms with Gasteiger partial charge in [0.25, 0.3) is 11.8 Å². The molecule has 2 fully saturated rings. The normalized spacial score (nSPS) is 17.0. The lowest BCUT2D eigenvalue weighted by Crippen LogP contribution is -2.43. The molecule has 0 bridgehead atoms. The second-order valence-electron chi connectivity index (χ2n) is 11.3. The largest absolute Gasteiger partial charge is 0.339 e. The van der Waals surface area contributed by atoms with Gasteiger partial charge < -0.3 is 20.4 Å². The third kappa shape index (κ3) is 7.24. The highest BCUT2D eigenvalue weighted by molar-refractivity contribution is 5.98. The molecule has 1 atom stereocenters. The van der Waals surface area contributed by atoms with Gasteiger partial charge in [0.15, 0.2) is 0 Å². The van der Waals surface area contributed by atoms with Crippen LogP contribution < -0.4 is 10.6 Å². The Morgan fingerprint density at radius 3 is 2.24 bits per heavy atom. The van der Waals surface area contributed by atoms with E-state index < -0.39 is 0 Å². The van der Waals surface area contributed by atoms with E-state index in [1.165, 1.54) is 0 Å². The van der Waals surface area contributed by atoms with Crippen LogP contribution in [0.25, 0.3) is 0 Å². The summed E-state index contributed by atoms with van der Waals surface area (Å²) in [4.78, 5) is 55.1. The number of nitrogens with one attached hydrogen (secondary N) is 2. The quantitative estimate of drug-likeness (QED) is 0.383. The molecule has 8 nitrogen and oxygen atoms in total. The van der Waals surface area contributed by atoms with Crippen molar-refractivity contribution in [3.63, 3.8) is 0 Å². The molecule has 3 aromatic rings. The van der Waals surface area contributed by atoms with Gasteiger partial charge >= 0.3 is 0 Å². The lowest BCUT2D eigenvalue weighted by molar-refractivity contribution is -0.121. The van der Waals surface area contributed by atoms with Crippen LogP contribution in [0.1, 0.15) is 64.8 Å². The van der Waals surface area contributed by atoms with Gasteiger partial charge in [0.05, 0.1) is 12.3 Å². The molecule has 0 spiro atoms. The van der Waals surface area contributed by atoms with Crippen molar-refractivity contribution in [3.8, 4) is 0 Å². The van der Waals surface area contributed by atoms with Crippen molar-refractivity contribution in [2.45, 2.75) is 51.0 Å². The smallest absolute Gasteiger partial charge is 0.253 e. The highest BCUT2D eigenvalue weighted by Crippen LogP contribution is 2.25. The molecule has 1 saturated heterocycles. The van der Waals surface area contributed by atoms with Gasteiger partial charge in [0.1, 0.15) is 0 Å². The van der Waals surface area contributed by atoms with Gasteiger partial charge in [0.2, 0.25) is 11.8 Å². The van der Waals surface area contributed by atoms with E-state index in [0.29, 0.717) is 35.6 Å². The van der Waals surface area contributed by atoms with Gasteiger partial charge in [-0.3, -0.25) is 19.2 Å². The Kier molecular flexibility index (Phi) is 9.31. The van der Waals surface area contributed by atoms with E-state index in [-0.39, 0.29) is 42.0 Å². The van der Waals surface area contributed by atoms with Crippen LogP contribution in [-0.2, 0) is 16.0 Å². The summed E-state index contributed by atoms with van der Waals surface area (Å²) in [7, 11) is 1.85. The average Bonchev–Trinajstić information content (AvgIpc) is 3.57. The Morgan fingerprint density at radius 1 is 0.786 bits per heavy atom. The number of rotatable bonds is 8. The first kappa shape index (κ1) is 29.0. The molecule has 1 saturated carbocycles. The zero-order chi connectivity index (χ0) is 29.5. The third-order valence-electron chi connectivity index (χ3n) is 8.27. The molecule has 218 valence electrons. The van der Waals surface area contributed by atoms with E-state index in [0.717, 1.165) is 44.1 Å². The van der Waals surface area contributed by atoms with Crippen LogP contribution in [0, 0.1) is 5.92 Å². The van der Waals surface area contributed by atoms with E-state index in [4.69, 9.17) is 0 Å². The molecule has 4 amide bonds. The summed E-state index contributed by atoms with van der Waals surface area (Å²) in [5, 5.41) is 5.86. The number of hydrogen-bond donors (Lipinski definition) is 2. The number of anilines is 2. The molecular weight excluding hydrogens is 528 g/mol. The molecule has 0 aromatic heterocycles. The van der Waals surface area contributed by atoms with E-state index in [1.807, 2.05) is 42.3 Å². The number of piperidine rings is 1. The van der Waals surface area contributed by atoms with Gasteiger partial charge in [-0.1, -0.05) is 49.2 Å². The Morgan fingerprint density at radius 2 is 1.50 bits per heavy atom. The zero-order valence-electron chi connectivity index (χ0n) is 24.1. The molecule has 3 aromatic carbocycles. The summed E-state index contributed by atoms with van der Waals surface area (Å²) in [6.45, 7) is 1.04. The average molecular weight is 567 g/mol. The monoisotopic (exact) mass is 566 g/mol. The first-order valence-corrected chi connectivity index (χ1v) is 14.8. The summed E-state index contributed by atoms with van der Waals surface area (Å²) >= 11 is 0. The minimum atomic E-state index is -0.280. The number of hydrogen-bond acceptors (Lipinski definition) is 4. The van der Waals surface area contributed by atoms with E-state index in [9.17, 15) is 19.2 Å². The molecule has 5 rings (SSSR count). The van der Waals surface area contributed by atoms with E-state index >= 15 is 0 Å². The standard InChI is InChI=1S/C34H38N4O4/c1-37(30-14-5-6-15-30)33(41)26-11-7-13-29(22-26)35-31(39)21-24-16-18-28(19-17-24)36-32(40)27-12-8-20-38(23-27)34(42)25-9-3-2-4-10-25/h2-4,7,9-11,13,16-19,22,27,30H,5-6,8,12,14-15,20-21,23H2,1H3,(H,35,39)(H,36,40). The highest BCUT2D eigenvalue weighted by atomic mass is 16.2. The number of amides is 4. The number of carbonyl (C=O) groups excluding carboxylic acids is 4. The summed E-state index contributed by atoms with van der Waals surface area (Å²) in [6, 6.07) is 23.7. The molecule has 1 unspecified atom stereocenters. The third-order valence-corrected chi connectivity index (χ3v) is 8.27. The molecular formula is C34H38N4O4. The lowest BCUT2D eigenvalue weighted by Gasteiger charge is -2.32. The molecule has 1 aliphatic heterocycles. The summed E-state index contributed by atoms with van der Waals surface area (Å²) in [6.07, 6.45) is 6.05. The van der Waals surface area contributed by atoms with Crippen LogP contribution in [0.4, 0.5) is 11.4 Å². The predicted molar refractivity (Wildman–Crippen MR) is 163 cm³/mol. The van der Waals surface area contributed by atoms with Gasteiger partial charge in [0, 0.05) is 48.7 Å². The van der Waals surface area contributed by atoms with E-state index in [2.05, 4.69) is 10.6 Å². The topological polar surface area (TPSA) is 98.8 Å². The Balaban J connectivity index is 1.12. The molecule has 8 heteroatoms. The number of benzene rings is 3. The van der Waals surface area contributed by atoms with Crippen LogP contribution in [0.15, 0.2) is 78.9 Å². The fraction of sp³-hybridized carbons (Fsp3) is 0.353. The number of nitrogens with zero attached hydrogens (tertiary/aromatic N) is 2. The Hall–Kier alpha value is -4.46. The van der Waals surface area contributed by atoms with E-state index in [1.54, 1.807) is 53.4 Å². The van der Waals surface area contributed by atoms with Crippen LogP contribution in [0.2, 0.25) is 0 Å². The first-order valence-electron chi connectivity index (χ1n) is 14.8. The second kappa shape index (κ2) is 13.5. The molecule has 0 radical (unpaired) electrons. The van der Waals surface area contributed by atoms with Crippen molar-refractivity contribution in [2.24, 2.45) is 5.92 Å². The number of likely N-dealkylation sites (tertiary alicyclic amines) is 1. The minimum Gasteiger partial charge on any atom is -0.339 e. The summed E-state index contributed by atoms with van der Waals surface area (Å²) < 4.78 is 0. The van der Waals surface area contributed by atoms with Crippen LogP contribution >= 0.6 is 0 Å². The van der Waals surface area contributed by atoms with Gasteiger partial charge in [-0.2, -0.15) is 0 Å². The van der Waals surface area contributed by atoms with Crippen molar-refractivity contribution in [1.82, 2.24) is 9.80 Å². The van der Waals surface area contributed by atoms with Crippen LogP contribution in [0.5, 0.6) is 0 Å².